The lowest BCUT2D eigenvalue weighted by Crippen LogP contribution is -2.07. The molecule has 3 aromatic rings. The number of carbonyl (C=O) groups is 1. The highest BCUT2D eigenvalue weighted by Gasteiger charge is 2.08. The fraction of sp³-hybridized carbons (Fsp3) is 0.0625. The number of amides is 1. The minimum atomic E-state index is -0.321. The van der Waals surface area contributed by atoms with E-state index in [4.69, 9.17) is 4.42 Å². The number of anilines is 1. The van der Waals surface area contributed by atoms with E-state index in [0.717, 1.165) is 0 Å². The van der Waals surface area contributed by atoms with E-state index in [-0.39, 0.29) is 17.4 Å². The highest BCUT2D eigenvalue weighted by atomic mass is 16.3. The second-order valence-electron chi connectivity index (χ2n) is 4.58. The van der Waals surface area contributed by atoms with Crippen molar-refractivity contribution >= 4 is 22.6 Å². The molecule has 1 aromatic heterocycles. The standard InChI is InChI=1S/C16H12N2O3/c1-10(19)17-12-8-6-11(7-9-12)16-18-15(20)13-4-2-3-5-14(13)21-16/h2-9H,1H3,(H,17,19). The molecule has 5 nitrogen and oxygen atoms in total. The SMILES string of the molecule is CC(=O)Nc1ccc(-c2nc(=O)c3ccccc3o2)cc1. The Bertz CT molecular complexity index is 867. The lowest BCUT2D eigenvalue weighted by atomic mass is 10.2. The van der Waals surface area contributed by atoms with Crippen LogP contribution in [-0.2, 0) is 4.79 Å². The molecule has 0 aliphatic carbocycles. The van der Waals surface area contributed by atoms with Crippen LogP contribution in [0.2, 0.25) is 0 Å². The van der Waals surface area contributed by atoms with Crippen LogP contribution in [0.5, 0.6) is 0 Å². The zero-order valence-electron chi connectivity index (χ0n) is 11.3. The molecule has 0 saturated carbocycles. The topological polar surface area (TPSA) is 72.2 Å². The maximum Gasteiger partial charge on any atom is 0.284 e. The van der Waals surface area contributed by atoms with Crippen LogP contribution in [0.4, 0.5) is 5.69 Å². The molecule has 1 heterocycles. The van der Waals surface area contributed by atoms with Gasteiger partial charge in [-0.05, 0) is 36.4 Å². The van der Waals surface area contributed by atoms with E-state index in [1.54, 1.807) is 48.5 Å². The van der Waals surface area contributed by atoms with Gasteiger partial charge < -0.3 is 9.73 Å². The first-order chi connectivity index (χ1) is 10.1. The molecular weight excluding hydrogens is 268 g/mol. The molecule has 3 rings (SSSR count). The van der Waals surface area contributed by atoms with E-state index in [2.05, 4.69) is 10.3 Å². The molecule has 0 atom stereocenters. The summed E-state index contributed by atoms with van der Waals surface area (Å²) < 4.78 is 5.65. The molecule has 2 aromatic carbocycles. The van der Waals surface area contributed by atoms with E-state index < -0.39 is 0 Å². The summed E-state index contributed by atoms with van der Waals surface area (Å²) in [5.74, 6) is 0.117. The third-order valence-electron chi connectivity index (χ3n) is 2.98. The highest BCUT2D eigenvalue weighted by molar-refractivity contribution is 5.88. The molecule has 0 radical (unpaired) electrons. The lowest BCUT2D eigenvalue weighted by Gasteiger charge is -2.04. The van der Waals surface area contributed by atoms with Crippen molar-refractivity contribution in [2.24, 2.45) is 0 Å². The Hall–Kier alpha value is -2.95. The molecule has 104 valence electrons. The number of hydrogen-bond acceptors (Lipinski definition) is 4. The van der Waals surface area contributed by atoms with Gasteiger partial charge >= 0.3 is 0 Å². The fourth-order valence-electron chi connectivity index (χ4n) is 2.03. The predicted octanol–water partition coefficient (Wildman–Crippen LogP) is 2.81. The Kier molecular flexibility index (Phi) is 3.23. The smallest absolute Gasteiger partial charge is 0.284 e. The molecule has 0 unspecified atom stereocenters. The summed E-state index contributed by atoms with van der Waals surface area (Å²) in [5.41, 5.74) is 1.53. The number of benzene rings is 2. The molecule has 21 heavy (non-hydrogen) atoms. The molecule has 0 bridgehead atoms. The van der Waals surface area contributed by atoms with Gasteiger partial charge in [0.05, 0.1) is 5.39 Å². The molecule has 1 amide bonds. The average Bonchev–Trinajstić information content (AvgIpc) is 2.47. The first-order valence-corrected chi connectivity index (χ1v) is 6.41. The minimum absolute atomic E-state index is 0.141. The molecule has 0 spiro atoms. The van der Waals surface area contributed by atoms with Crippen LogP contribution < -0.4 is 10.9 Å². The van der Waals surface area contributed by atoms with Gasteiger partial charge in [0, 0.05) is 18.2 Å². The van der Waals surface area contributed by atoms with Gasteiger partial charge in [-0.1, -0.05) is 12.1 Å². The summed E-state index contributed by atoms with van der Waals surface area (Å²) in [6.45, 7) is 1.44. The highest BCUT2D eigenvalue weighted by Crippen LogP contribution is 2.21. The van der Waals surface area contributed by atoms with Gasteiger partial charge in [-0.3, -0.25) is 9.59 Å². The number of carbonyl (C=O) groups excluding carboxylic acids is 1. The van der Waals surface area contributed by atoms with Crippen molar-refractivity contribution in [3.8, 4) is 11.5 Å². The van der Waals surface area contributed by atoms with Crippen LogP contribution >= 0.6 is 0 Å². The van der Waals surface area contributed by atoms with E-state index in [9.17, 15) is 9.59 Å². The van der Waals surface area contributed by atoms with Gasteiger partial charge in [-0.2, -0.15) is 4.98 Å². The van der Waals surface area contributed by atoms with Gasteiger partial charge in [-0.15, -0.1) is 0 Å². The molecule has 0 saturated heterocycles. The number of para-hydroxylation sites is 1. The summed E-state index contributed by atoms with van der Waals surface area (Å²) in [7, 11) is 0. The summed E-state index contributed by atoms with van der Waals surface area (Å²) in [6.07, 6.45) is 0. The Morgan fingerprint density at radius 2 is 1.81 bits per heavy atom. The van der Waals surface area contributed by atoms with Gasteiger partial charge in [0.15, 0.2) is 0 Å². The third-order valence-corrected chi connectivity index (χ3v) is 2.98. The normalized spacial score (nSPS) is 10.5. The molecule has 0 aliphatic rings. The van der Waals surface area contributed by atoms with Crippen LogP contribution in [0.15, 0.2) is 57.7 Å². The maximum absolute atomic E-state index is 12.0. The quantitative estimate of drug-likeness (QED) is 0.783. The monoisotopic (exact) mass is 280 g/mol. The third kappa shape index (κ3) is 2.67. The van der Waals surface area contributed by atoms with Crippen molar-refractivity contribution in [2.45, 2.75) is 6.92 Å². The van der Waals surface area contributed by atoms with Crippen molar-refractivity contribution < 1.29 is 9.21 Å². The number of hydrogen-bond donors (Lipinski definition) is 1. The zero-order chi connectivity index (χ0) is 14.8. The van der Waals surface area contributed by atoms with Gasteiger partial charge in [0.2, 0.25) is 11.8 Å². The summed E-state index contributed by atoms with van der Waals surface area (Å²) >= 11 is 0. The molecule has 0 fully saturated rings. The van der Waals surface area contributed by atoms with Crippen LogP contribution in [0.1, 0.15) is 6.92 Å². The van der Waals surface area contributed by atoms with E-state index >= 15 is 0 Å². The number of nitrogens with one attached hydrogen (secondary N) is 1. The lowest BCUT2D eigenvalue weighted by molar-refractivity contribution is -0.114. The summed E-state index contributed by atoms with van der Waals surface area (Å²) in [5, 5.41) is 3.13. The molecular formula is C16H12N2O3. The first kappa shape index (κ1) is 13.1. The molecule has 0 aliphatic heterocycles. The molecule has 1 N–H and O–H groups in total. The van der Waals surface area contributed by atoms with Crippen LogP contribution in [-0.4, -0.2) is 10.9 Å². The Morgan fingerprint density at radius 1 is 1.10 bits per heavy atom. The Balaban J connectivity index is 2.04. The summed E-state index contributed by atoms with van der Waals surface area (Å²) in [4.78, 5) is 26.9. The van der Waals surface area contributed by atoms with Crippen LogP contribution in [0, 0.1) is 0 Å². The Labute approximate surface area is 120 Å². The van der Waals surface area contributed by atoms with E-state index in [1.165, 1.54) is 6.92 Å². The number of nitrogens with zero attached hydrogens (tertiary/aromatic N) is 1. The predicted molar refractivity (Wildman–Crippen MR) is 80.0 cm³/mol. The van der Waals surface area contributed by atoms with Crippen molar-refractivity contribution in [3.63, 3.8) is 0 Å². The van der Waals surface area contributed by atoms with Crippen molar-refractivity contribution in [1.29, 1.82) is 0 Å². The number of aromatic nitrogens is 1. The second kappa shape index (κ2) is 5.20. The number of rotatable bonds is 2. The van der Waals surface area contributed by atoms with Gasteiger partial charge in [0.1, 0.15) is 5.58 Å². The van der Waals surface area contributed by atoms with Crippen LogP contribution in [0.25, 0.3) is 22.4 Å². The largest absolute Gasteiger partial charge is 0.437 e. The second-order valence-corrected chi connectivity index (χ2v) is 4.58. The Morgan fingerprint density at radius 3 is 2.52 bits per heavy atom. The summed E-state index contributed by atoms with van der Waals surface area (Å²) in [6, 6.07) is 13.9. The molecule has 5 heteroatoms. The van der Waals surface area contributed by atoms with Crippen molar-refractivity contribution in [2.75, 3.05) is 5.32 Å². The fourth-order valence-corrected chi connectivity index (χ4v) is 2.03. The van der Waals surface area contributed by atoms with Crippen molar-refractivity contribution in [1.82, 2.24) is 4.98 Å². The zero-order valence-corrected chi connectivity index (χ0v) is 11.3. The van der Waals surface area contributed by atoms with Gasteiger partial charge in [-0.25, -0.2) is 0 Å². The first-order valence-electron chi connectivity index (χ1n) is 6.41. The van der Waals surface area contributed by atoms with Gasteiger partial charge in [0.25, 0.3) is 5.56 Å². The van der Waals surface area contributed by atoms with E-state index in [1.807, 2.05) is 0 Å². The maximum atomic E-state index is 12.0. The van der Waals surface area contributed by atoms with Crippen molar-refractivity contribution in [3.05, 3.63) is 58.9 Å². The van der Waals surface area contributed by atoms with E-state index in [0.29, 0.717) is 22.2 Å². The minimum Gasteiger partial charge on any atom is -0.437 e. The number of fused-ring (bicyclic) bond motifs is 1. The van der Waals surface area contributed by atoms with Crippen LogP contribution in [0.3, 0.4) is 0 Å². The average molecular weight is 280 g/mol.